The number of hydrogen-bond acceptors (Lipinski definition) is 5. The number of aromatic hydroxyl groups is 1. The number of nitrogens with zero attached hydrogens (tertiary/aromatic N) is 1. The molecular formula is C21H15N3O3S. The van der Waals surface area contributed by atoms with Crippen LogP contribution < -0.4 is 10.6 Å². The molecule has 28 heavy (non-hydrogen) atoms. The first-order valence-electron chi connectivity index (χ1n) is 8.46. The van der Waals surface area contributed by atoms with E-state index in [1.807, 2.05) is 30.3 Å². The van der Waals surface area contributed by atoms with E-state index in [1.165, 1.54) is 6.07 Å². The van der Waals surface area contributed by atoms with Crippen molar-refractivity contribution in [3.63, 3.8) is 0 Å². The lowest BCUT2D eigenvalue weighted by Gasteiger charge is -2.10. The van der Waals surface area contributed by atoms with Gasteiger partial charge in [0.15, 0.2) is 10.7 Å². The van der Waals surface area contributed by atoms with Gasteiger partial charge in [-0.2, -0.15) is 0 Å². The van der Waals surface area contributed by atoms with Crippen LogP contribution in [-0.4, -0.2) is 21.1 Å². The molecule has 1 aromatic heterocycles. The molecule has 0 aliphatic carbocycles. The van der Waals surface area contributed by atoms with Crippen LogP contribution in [-0.2, 0) is 0 Å². The number of phenols is 1. The van der Waals surface area contributed by atoms with Crippen LogP contribution in [0.3, 0.4) is 0 Å². The molecule has 6 nitrogen and oxygen atoms in total. The van der Waals surface area contributed by atoms with Gasteiger partial charge in [-0.3, -0.25) is 10.1 Å². The highest BCUT2D eigenvalue weighted by molar-refractivity contribution is 7.80. The number of para-hydroxylation sites is 2. The maximum absolute atomic E-state index is 12.1. The summed E-state index contributed by atoms with van der Waals surface area (Å²) in [4.78, 5) is 16.5. The fourth-order valence-electron chi connectivity index (χ4n) is 2.70. The van der Waals surface area contributed by atoms with Crippen LogP contribution in [0.15, 0.2) is 77.2 Å². The number of hydrogen-bond donors (Lipinski definition) is 3. The van der Waals surface area contributed by atoms with Crippen molar-refractivity contribution in [1.82, 2.24) is 10.3 Å². The smallest absolute Gasteiger partial charge is 0.257 e. The van der Waals surface area contributed by atoms with E-state index in [4.69, 9.17) is 16.6 Å². The summed E-state index contributed by atoms with van der Waals surface area (Å²) in [5.74, 6) is -0.00985. The molecule has 4 aromatic rings. The maximum Gasteiger partial charge on any atom is 0.257 e. The van der Waals surface area contributed by atoms with Gasteiger partial charge in [-0.1, -0.05) is 30.3 Å². The number of fused-ring (bicyclic) bond motifs is 1. The molecule has 0 radical (unpaired) electrons. The van der Waals surface area contributed by atoms with Gasteiger partial charge in [0.05, 0.1) is 5.56 Å². The number of carbonyl (C=O) groups is 1. The monoisotopic (exact) mass is 389 g/mol. The first kappa shape index (κ1) is 17.7. The van der Waals surface area contributed by atoms with Crippen molar-refractivity contribution in [3.8, 4) is 17.2 Å². The molecule has 0 saturated heterocycles. The topological polar surface area (TPSA) is 87.4 Å². The molecule has 4 rings (SSSR count). The molecule has 3 aromatic carbocycles. The Hall–Kier alpha value is -3.71. The molecule has 0 aliphatic heterocycles. The van der Waals surface area contributed by atoms with Crippen molar-refractivity contribution < 1.29 is 14.3 Å². The first-order chi connectivity index (χ1) is 13.6. The van der Waals surface area contributed by atoms with Crippen LogP contribution >= 0.6 is 12.2 Å². The van der Waals surface area contributed by atoms with Gasteiger partial charge in [0.25, 0.3) is 5.91 Å². The first-order valence-corrected chi connectivity index (χ1v) is 8.87. The predicted octanol–water partition coefficient (Wildman–Crippen LogP) is 4.33. The third-order valence-corrected chi connectivity index (χ3v) is 4.25. The van der Waals surface area contributed by atoms with Crippen molar-refractivity contribution >= 4 is 40.0 Å². The van der Waals surface area contributed by atoms with E-state index >= 15 is 0 Å². The van der Waals surface area contributed by atoms with Gasteiger partial charge >= 0.3 is 0 Å². The quantitative estimate of drug-likeness (QED) is 0.452. The lowest BCUT2D eigenvalue weighted by atomic mass is 10.2. The third kappa shape index (κ3) is 3.70. The molecule has 0 spiro atoms. The minimum absolute atomic E-state index is 0.0197. The summed E-state index contributed by atoms with van der Waals surface area (Å²) in [6.45, 7) is 0. The lowest BCUT2D eigenvalue weighted by Crippen LogP contribution is -2.34. The van der Waals surface area contributed by atoms with Crippen molar-refractivity contribution in [2.75, 3.05) is 5.32 Å². The zero-order valence-electron chi connectivity index (χ0n) is 14.5. The minimum atomic E-state index is -0.314. The van der Waals surface area contributed by atoms with Crippen molar-refractivity contribution in [1.29, 1.82) is 0 Å². The van der Waals surface area contributed by atoms with Crippen LogP contribution in [0.1, 0.15) is 10.4 Å². The van der Waals surface area contributed by atoms with E-state index in [0.717, 1.165) is 0 Å². The molecule has 138 valence electrons. The minimum Gasteiger partial charge on any atom is -0.507 e. The van der Waals surface area contributed by atoms with E-state index in [-0.39, 0.29) is 16.8 Å². The zero-order chi connectivity index (χ0) is 19.5. The summed E-state index contributed by atoms with van der Waals surface area (Å²) in [5.41, 5.74) is 2.84. The summed E-state index contributed by atoms with van der Waals surface area (Å²) in [6.07, 6.45) is 0. The summed E-state index contributed by atoms with van der Waals surface area (Å²) in [6, 6.07) is 21.0. The summed E-state index contributed by atoms with van der Waals surface area (Å²) >= 11 is 5.17. The molecule has 0 saturated carbocycles. The number of oxazole rings is 1. The Morgan fingerprint density at radius 1 is 1.00 bits per heavy atom. The Balaban J connectivity index is 1.48. The Bertz CT molecular complexity index is 1140. The lowest BCUT2D eigenvalue weighted by molar-refractivity contribution is 0.0977. The fourth-order valence-corrected chi connectivity index (χ4v) is 2.92. The molecule has 3 N–H and O–H groups in total. The van der Waals surface area contributed by atoms with E-state index in [2.05, 4.69) is 15.6 Å². The van der Waals surface area contributed by atoms with Gasteiger partial charge in [-0.05, 0) is 48.6 Å². The fraction of sp³-hybridized carbons (Fsp3) is 0. The number of rotatable bonds is 3. The van der Waals surface area contributed by atoms with Crippen LogP contribution in [0.2, 0.25) is 0 Å². The van der Waals surface area contributed by atoms with Gasteiger partial charge < -0.3 is 14.8 Å². The molecule has 0 atom stereocenters. The second-order valence-electron chi connectivity index (χ2n) is 5.99. The highest BCUT2D eigenvalue weighted by Crippen LogP contribution is 2.32. The maximum atomic E-state index is 12.1. The van der Waals surface area contributed by atoms with Gasteiger partial charge in [0, 0.05) is 17.3 Å². The van der Waals surface area contributed by atoms with Crippen molar-refractivity contribution in [2.45, 2.75) is 0 Å². The number of phenolic OH excluding ortho intramolecular Hbond substituents is 1. The van der Waals surface area contributed by atoms with E-state index < -0.39 is 0 Å². The van der Waals surface area contributed by atoms with E-state index in [0.29, 0.717) is 33.8 Å². The van der Waals surface area contributed by atoms with E-state index in [9.17, 15) is 9.90 Å². The molecule has 1 amide bonds. The Labute approximate surface area is 165 Å². The van der Waals surface area contributed by atoms with Crippen molar-refractivity contribution in [2.24, 2.45) is 0 Å². The van der Waals surface area contributed by atoms with Crippen LogP contribution in [0, 0.1) is 0 Å². The molecule has 0 aliphatic rings. The summed E-state index contributed by atoms with van der Waals surface area (Å²) in [5, 5.41) is 16.0. The average Bonchev–Trinajstić information content (AvgIpc) is 3.12. The number of nitrogens with one attached hydrogen (secondary N) is 2. The zero-order valence-corrected chi connectivity index (χ0v) is 15.4. The van der Waals surface area contributed by atoms with Gasteiger partial charge in [-0.25, -0.2) is 4.98 Å². The van der Waals surface area contributed by atoms with Gasteiger partial charge in [0.1, 0.15) is 11.3 Å². The SMILES string of the molecule is O=C(NC(=S)Nc1ccc(-c2nc3ccccc3o2)c(O)c1)c1ccccc1. The second-order valence-corrected chi connectivity index (χ2v) is 6.40. The Morgan fingerprint density at radius 3 is 2.50 bits per heavy atom. The Morgan fingerprint density at radius 2 is 1.75 bits per heavy atom. The van der Waals surface area contributed by atoms with E-state index in [1.54, 1.807) is 36.4 Å². The Kier molecular flexibility index (Phi) is 4.74. The molecule has 0 unspecified atom stereocenters. The second kappa shape index (κ2) is 7.50. The number of thiocarbonyl (C=S) groups is 1. The molecular weight excluding hydrogens is 374 g/mol. The molecule has 0 fully saturated rings. The standard InChI is InChI=1S/C21H15N3O3S/c25-17-12-14(22-21(28)24-19(26)13-6-2-1-3-7-13)10-11-15(17)20-23-16-8-4-5-9-18(16)27-20/h1-12,25H,(H2,22,24,26,28). The largest absolute Gasteiger partial charge is 0.507 e. The summed E-state index contributed by atoms with van der Waals surface area (Å²) < 4.78 is 5.68. The normalized spacial score (nSPS) is 10.6. The van der Waals surface area contributed by atoms with Gasteiger partial charge in [-0.15, -0.1) is 0 Å². The van der Waals surface area contributed by atoms with Crippen LogP contribution in [0.4, 0.5) is 5.69 Å². The highest BCUT2D eigenvalue weighted by atomic mass is 32.1. The molecule has 1 heterocycles. The van der Waals surface area contributed by atoms with Crippen LogP contribution in [0.25, 0.3) is 22.6 Å². The van der Waals surface area contributed by atoms with Crippen LogP contribution in [0.5, 0.6) is 5.75 Å². The summed E-state index contributed by atoms with van der Waals surface area (Å²) in [7, 11) is 0. The number of carbonyl (C=O) groups excluding carboxylic acids is 1. The number of aromatic nitrogens is 1. The number of amides is 1. The molecule has 0 bridgehead atoms. The van der Waals surface area contributed by atoms with Gasteiger partial charge in [0.2, 0.25) is 5.89 Å². The molecule has 7 heteroatoms. The predicted molar refractivity (Wildman–Crippen MR) is 111 cm³/mol. The number of benzene rings is 3. The average molecular weight is 389 g/mol. The third-order valence-electron chi connectivity index (χ3n) is 4.04. The van der Waals surface area contributed by atoms with Crippen molar-refractivity contribution in [3.05, 3.63) is 78.4 Å². The number of anilines is 1. The highest BCUT2D eigenvalue weighted by Gasteiger charge is 2.13.